The van der Waals surface area contributed by atoms with Gasteiger partial charge in [0.15, 0.2) is 0 Å². The molecular formula is C15H23ClN2O. The van der Waals surface area contributed by atoms with Crippen LogP contribution >= 0.6 is 12.4 Å². The Labute approximate surface area is 121 Å². The predicted octanol–water partition coefficient (Wildman–Crippen LogP) is 2.87. The smallest absolute Gasteiger partial charge is 0.0495 e. The van der Waals surface area contributed by atoms with Crippen molar-refractivity contribution < 1.29 is 4.74 Å². The molecule has 2 aliphatic rings. The highest BCUT2D eigenvalue weighted by atomic mass is 35.5. The first kappa shape index (κ1) is 14.5. The monoisotopic (exact) mass is 282 g/mol. The predicted molar refractivity (Wildman–Crippen MR) is 82.2 cm³/mol. The molecule has 0 aromatic heterocycles. The molecule has 106 valence electrons. The van der Waals surface area contributed by atoms with E-state index >= 15 is 0 Å². The topological polar surface area (TPSA) is 38.5 Å². The second-order valence-electron chi connectivity index (χ2n) is 5.45. The molecule has 0 aliphatic carbocycles. The minimum Gasteiger partial charge on any atom is -0.398 e. The second-order valence-corrected chi connectivity index (χ2v) is 5.45. The number of nitrogens with zero attached hydrogens (tertiary/aromatic N) is 1. The number of nitrogen functional groups attached to an aromatic ring is 1. The summed E-state index contributed by atoms with van der Waals surface area (Å²) in [5.74, 6) is 0.761. The molecule has 1 atom stereocenters. The maximum atomic E-state index is 6.08. The van der Waals surface area contributed by atoms with E-state index in [2.05, 4.69) is 17.0 Å². The van der Waals surface area contributed by atoms with E-state index in [-0.39, 0.29) is 12.4 Å². The standard InChI is InChI=1S/C15H22N2O.ClH/c16-14-4-1-5-15-13(14)3-2-8-17(15)9-6-12-7-10-18-11-12;/h1,4-5,12H,2-3,6-11,16H2;1H. The van der Waals surface area contributed by atoms with Gasteiger partial charge in [-0.15, -0.1) is 12.4 Å². The molecule has 2 N–H and O–H groups in total. The average Bonchev–Trinajstić information content (AvgIpc) is 2.90. The molecular weight excluding hydrogens is 260 g/mol. The number of hydrogen-bond acceptors (Lipinski definition) is 3. The Morgan fingerprint density at radius 2 is 2.26 bits per heavy atom. The maximum absolute atomic E-state index is 6.08. The number of nitrogens with two attached hydrogens (primary N) is 1. The van der Waals surface area contributed by atoms with Gasteiger partial charge in [0.1, 0.15) is 0 Å². The summed E-state index contributed by atoms with van der Waals surface area (Å²) in [7, 11) is 0. The van der Waals surface area contributed by atoms with Gasteiger partial charge in [0.25, 0.3) is 0 Å². The molecule has 2 heterocycles. The van der Waals surface area contributed by atoms with Crippen molar-refractivity contribution in [1.29, 1.82) is 0 Å². The fourth-order valence-electron chi connectivity index (χ4n) is 3.11. The minimum absolute atomic E-state index is 0. The van der Waals surface area contributed by atoms with Crippen LogP contribution in [0.2, 0.25) is 0 Å². The Hall–Kier alpha value is -0.930. The summed E-state index contributed by atoms with van der Waals surface area (Å²) < 4.78 is 5.45. The first-order valence-corrected chi connectivity index (χ1v) is 7.04. The van der Waals surface area contributed by atoms with Gasteiger partial charge in [0, 0.05) is 37.7 Å². The third-order valence-electron chi connectivity index (χ3n) is 4.21. The molecule has 1 aromatic rings. The van der Waals surface area contributed by atoms with Crippen molar-refractivity contribution in [2.75, 3.05) is 36.9 Å². The molecule has 1 fully saturated rings. The fourth-order valence-corrected chi connectivity index (χ4v) is 3.11. The summed E-state index contributed by atoms with van der Waals surface area (Å²) in [6.45, 7) is 4.22. The van der Waals surface area contributed by atoms with Crippen molar-refractivity contribution in [3.63, 3.8) is 0 Å². The summed E-state index contributed by atoms with van der Waals surface area (Å²) in [5, 5.41) is 0. The zero-order valence-corrected chi connectivity index (χ0v) is 12.1. The Balaban J connectivity index is 0.00000133. The van der Waals surface area contributed by atoms with Gasteiger partial charge in [0.2, 0.25) is 0 Å². The summed E-state index contributed by atoms with van der Waals surface area (Å²) in [5.41, 5.74) is 9.75. The van der Waals surface area contributed by atoms with Crippen LogP contribution in [0.25, 0.3) is 0 Å². The number of hydrogen-bond donors (Lipinski definition) is 1. The van der Waals surface area contributed by atoms with Gasteiger partial charge in [0.05, 0.1) is 0 Å². The Kier molecular flexibility index (Phi) is 4.94. The molecule has 3 nitrogen and oxygen atoms in total. The van der Waals surface area contributed by atoms with Gasteiger partial charge >= 0.3 is 0 Å². The first-order valence-electron chi connectivity index (χ1n) is 7.04. The molecule has 0 bridgehead atoms. The van der Waals surface area contributed by atoms with Gasteiger partial charge in [-0.2, -0.15) is 0 Å². The third kappa shape index (κ3) is 3.15. The SMILES string of the molecule is Cl.Nc1cccc2c1CCCN2CCC1CCOC1. The quantitative estimate of drug-likeness (QED) is 0.867. The van der Waals surface area contributed by atoms with Crippen LogP contribution in [0.1, 0.15) is 24.8 Å². The van der Waals surface area contributed by atoms with Crippen LogP contribution in [0, 0.1) is 5.92 Å². The molecule has 1 saturated heterocycles. The minimum atomic E-state index is 0. The summed E-state index contributed by atoms with van der Waals surface area (Å²) in [6, 6.07) is 6.31. The van der Waals surface area contributed by atoms with Crippen molar-refractivity contribution in [1.82, 2.24) is 0 Å². The zero-order chi connectivity index (χ0) is 12.4. The van der Waals surface area contributed by atoms with Gasteiger partial charge < -0.3 is 15.4 Å². The highest BCUT2D eigenvalue weighted by Crippen LogP contribution is 2.31. The fraction of sp³-hybridized carbons (Fsp3) is 0.600. The Morgan fingerprint density at radius 3 is 3.05 bits per heavy atom. The Bertz CT molecular complexity index is 419. The lowest BCUT2D eigenvalue weighted by atomic mass is 9.98. The van der Waals surface area contributed by atoms with Crippen LogP contribution in [0.5, 0.6) is 0 Å². The van der Waals surface area contributed by atoms with Crippen LogP contribution < -0.4 is 10.6 Å². The van der Waals surface area contributed by atoms with Crippen LogP contribution in [0.4, 0.5) is 11.4 Å². The van der Waals surface area contributed by atoms with Crippen molar-refractivity contribution in [3.8, 4) is 0 Å². The van der Waals surface area contributed by atoms with Crippen molar-refractivity contribution >= 4 is 23.8 Å². The van der Waals surface area contributed by atoms with Crippen molar-refractivity contribution in [3.05, 3.63) is 23.8 Å². The van der Waals surface area contributed by atoms with E-state index in [1.54, 1.807) is 0 Å². The highest BCUT2D eigenvalue weighted by molar-refractivity contribution is 5.85. The lowest BCUT2D eigenvalue weighted by molar-refractivity contribution is 0.184. The van der Waals surface area contributed by atoms with E-state index in [1.807, 2.05) is 6.07 Å². The molecule has 1 unspecified atom stereocenters. The second kappa shape index (κ2) is 6.49. The number of ether oxygens (including phenoxy) is 1. The normalized spacial score (nSPS) is 21.9. The lowest BCUT2D eigenvalue weighted by Crippen LogP contribution is -2.31. The maximum Gasteiger partial charge on any atom is 0.0495 e. The number of rotatable bonds is 3. The average molecular weight is 283 g/mol. The van der Waals surface area contributed by atoms with E-state index in [0.717, 1.165) is 37.8 Å². The Morgan fingerprint density at radius 1 is 1.37 bits per heavy atom. The van der Waals surface area contributed by atoms with Gasteiger partial charge in [-0.1, -0.05) is 6.07 Å². The molecule has 0 spiro atoms. The number of anilines is 2. The van der Waals surface area contributed by atoms with Crippen molar-refractivity contribution in [2.24, 2.45) is 5.92 Å². The molecule has 0 amide bonds. The first-order chi connectivity index (χ1) is 8.84. The highest BCUT2D eigenvalue weighted by Gasteiger charge is 2.21. The summed E-state index contributed by atoms with van der Waals surface area (Å²) >= 11 is 0. The van der Waals surface area contributed by atoms with E-state index in [1.165, 1.54) is 37.1 Å². The molecule has 4 heteroatoms. The molecule has 0 radical (unpaired) electrons. The third-order valence-corrected chi connectivity index (χ3v) is 4.21. The van der Waals surface area contributed by atoms with E-state index in [0.29, 0.717) is 0 Å². The van der Waals surface area contributed by atoms with Crippen LogP contribution in [-0.2, 0) is 11.2 Å². The van der Waals surface area contributed by atoms with Crippen LogP contribution in [-0.4, -0.2) is 26.3 Å². The van der Waals surface area contributed by atoms with E-state index < -0.39 is 0 Å². The van der Waals surface area contributed by atoms with E-state index in [9.17, 15) is 0 Å². The number of halogens is 1. The number of fused-ring (bicyclic) bond motifs is 1. The lowest BCUT2D eigenvalue weighted by Gasteiger charge is -2.32. The van der Waals surface area contributed by atoms with E-state index in [4.69, 9.17) is 10.5 Å². The summed E-state index contributed by atoms with van der Waals surface area (Å²) in [4.78, 5) is 2.51. The molecule has 3 rings (SSSR count). The molecule has 19 heavy (non-hydrogen) atoms. The van der Waals surface area contributed by atoms with Crippen LogP contribution in [0.3, 0.4) is 0 Å². The number of benzene rings is 1. The van der Waals surface area contributed by atoms with Crippen molar-refractivity contribution in [2.45, 2.75) is 25.7 Å². The van der Waals surface area contributed by atoms with Gasteiger partial charge in [-0.25, -0.2) is 0 Å². The zero-order valence-electron chi connectivity index (χ0n) is 11.3. The molecule has 0 saturated carbocycles. The molecule has 2 aliphatic heterocycles. The van der Waals surface area contributed by atoms with Crippen LogP contribution in [0.15, 0.2) is 18.2 Å². The van der Waals surface area contributed by atoms with Gasteiger partial charge in [-0.05, 0) is 49.3 Å². The largest absolute Gasteiger partial charge is 0.398 e. The molecule has 1 aromatic carbocycles. The van der Waals surface area contributed by atoms with Gasteiger partial charge in [-0.3, -0.25) is 0 Å². The summed E-state index contributed by atoms with van der Waals surface area (Å²) in [6.07, 6.45) is 4.83.